The molecule has 1 aromatic heterocycles. The molecule has 3 aromatic rings. The molecule has 0 fully saturated rings. The summed E-state index contributed by atoms with van der Waals surface area (Å²) in [7, 11) is 0. The van der Waals surface area contributed by atoms with E-state index in [2.05, 4.69) is 5.32 Å². The molecule has 25 heavy (non-hydrogen) atoms. The van der Waals surface area contributed by atoms with Crippen molar-refractivity contribution in [3.8, 4) is 11.1 Å². The molecule has 0 aliphatic rings. The first kappa shape index (κ1) is 16.6. The van der Waals surface area contributed by atoms with Gasteiger partial charge < -0.3 is 10.5 Å². The summed E-state index contributed by atoms with van der Waals surface area (Å²) in [6, 6.07) is 19.0. The number of aromatic nitrogens is 1. The summed E-state index contributed by atoms with van der Waals surface area (Å²) < 4.78 is 13.8. The van der Waals surface area contributed by atoms with Gasteiger partial charge >= 0.3 is 0 Å². The molecule has 5 heteroatoms. The van der Waals surface area contributed by atoms with Crippen LogP contribution in [0.3, 0.4) is 0 Å². The number of hydrogen-bond acceptors (Lipinski definition) is 2. The molecule has 1 amide bonds. The minimum absolute atomic E-state index is 0.0338. The van der Waals surface area contributed by atoms with Gasteiger partial charge in [0.1, 0.15) is 12.2 Å². The SMILES string of the molecule is O=C(Cc1ccc(-c2ccccc2)c[n+]1[O-])NCc1cccc(F)c1. The van der Waals surface area contributed by atoms with Crippen molar-refractivity contribution in [2.75, 3.05) is 0 Å². The highest BCUT2D eigenvalue weighted by Gasteiger charge is 2.13. The lowest BCUT2D eigenvalue weighted by Crippen LogP contribution is -2.35. The highest BCUT2D eigenvalue weighted by molar-refractivity contribution is 5.77. The minimum atomic E-state index is -0.347. The first-order chi connectivity index (χ1) is 12.1. The molecule has 0 aliphatic heterocycles. The van der Waals surface area contributed by atoms with Crippen molar-refractivity contribution in [1.29, 1.82) is 0 Å². The molecule has 1 N–H and O–H groups in total. The molecule has 0 saturated carbocycles. The van der Waals surface area contributed by atoms with Gasteiger partial charge in [0.05, 0.1) is 0 Å². The second-order valence-corrected chi connectivity index (χ2v) is 5.68. The molecule has 0 spiro atoms. The fourth-order valence-corrected chi connectivity index (χ4v) is 2.52. The summed E-state index contributed by atoms with van der Waals surface area (Å²) in [5.74, 6) is -0.637. The van der Waals surface area contributed by atoms with Gasteiger partial charge in [0.2, 0.25) is 11.6 Å². The predicted octanol–water partition coefficient (Wildman–Crippen LogP) is 2.99. The molecule has 4 nitrogen and oxygen atoms in total. The zero-order valence-electron chi connectivity index (χ0n) is 13.5. The fourth-order valence-electron chi connectivity index (χ4n) is 2.52. The lowest BCUT2D eigenvalue weighted by atomic mass is 10.1. The van der Waals surface area contributed by atoms with Gasteiger partial charge in [-0.2, -0.15) is 4.73 Å². The van der Waals surface area contributed by atoms with E-state index in [4.69, 9.17) is 0 Å². The Hall–Kier alpha value is -3.21. The molecule has 3 rings (SSSR count). The topological polar surface area (TPSA) is 56.0 Å². The van der Waals surface area contributed by atoms with Gasteiger partial charge in [-0.05, 0) is 29.3 Å². The molecule has 0 aliphatic carbocycles. The maximum Gasteiger partial charge on any atom is 0.230 e. The summed E-state index contributed by atoms with van der Waals surface area (Å²) >= 11 is 0. The second-order valence-electron chi connectivity index (χ2n) is 5.68. The fraction of sp³-hybridized carbons (Fsp3) is 0.100. The second kappa shape index (κ2) is 7.57. The van der Waals surface area contributed by atoms with E-state index in [0.717, 1.165) is 11.1 Å². The number of nitrogens with one attached hydrogen (secondary N) is 1. The van der Waals surface area contributed by atoms with E-state index in [9.17, 15) is 14.4 Å². The standard InChI is InChI=1S/C20H17FN2O2/c21-18-8-4-5-15(11-18)13-22-20(24)12-19-10-9-17(14-23(19)25)16-6-2-1-3-7-16/h1-11,14H,12-13H2,(H,22,24). The summed E-state index contributed by atoms with van der Waals surface area (Å²) in [6.07, 6.45) is 1.43. The van der Waals surface area contributed by atoms with Gasteiger partial charge in [0.15, 0.2) is 6.20 Å². The molecule has 0 bridgehead atoms. The lowest BCUT2D eigenvalue weighted by molar-refractivity contribution is -0.612. The summed E-state index contributed by atoms with van der Waals surface area (Å²) in [6.45, 7) is 0.220. The number of halogens is 1. The van der Waals surface area contributed by atoms with E-state index in [-0.39, 0.29) is 24.7 Å². The Morgan fingerprint density at radius 2 is 1.80 bits per heavy atom. The van der Waals surface area contributed by atoms with Crippen molar-refractivity contribution in [2.24, 2.45) is 0 Å². The molecule has 1 heterocycles. The zero-order valence-corrected chi connectivity index (χ0v) is 13.5. The van der Waals surface area contributed by atoms with Crippen molar-refractivity contribution in [1.82, 2.24) is 5.32 Å². The Labute approximate surface area is 145 Å². The number of rotatable bonds is 5. The molecule has 0 atom stereocenters. The lowest BCUT2D eigenvalue weighted by Gasteiger charge is -2.08. The third-order valence-corrected chi connectivity index (χ3v) is 3.82. The molecule has 126 valence electrons. The average Bonchev–Trinajstić information content (AvgIpc) is 2.62. The number of carbonyl (C=O) groups excluding carboxylic acids is 1. The average molecular weight is 336 g/mol. The Morgan fingerprint density at radius 3 is 2.52 bits per heavy atom. The van der Waals surface area contributed by atoms with Crippen LogP contribution in [0.1, 0.15) is 11.3 Å². The van der Waals surface area contributed by atoms with Crippen molar-refractivity contribution in [3.63, 3.8) is 0 Å². The highest BCUT2D eigenvalue weighted by atomic mass is 19.1. The number of benzene rings is 2. The summed E-state index contributed by atoms with van der Waals surface area (Å²) in [5, 5.41) is 14.8. The van der Waals surface area contributed by atoms with Crippen LogP contribution in [0.2, 0.25) is 0 Å². The van der Waals surface area contributed by atoms with Crippen molar-refractivity contribution in [2.45, 2.75) is 13.0 Å². The van der Waals surface area contributed by atoms with E-state index in [0.29, 0.717) is 16.0 Å². The first-order valence-electron chi connectivity index (χ1n) is 7.90. The van der Waals surface area contributed by atoms with Crippen LogP contribution >= 0.6 is 0 Å². The first-order valence-corrected chi connectivity index (χ1v) is 7.90. The number of amides is 1. The van der Waals surface area contributed by atoms with Crippen molar-refractivity contribution in [3.05, 3.63) is 95.2 Å². The highest BCUT2D eigenvalue weighted by Crippen LogP contribution is 2.17. The smallest absolute Gasteiger partial charge is 0.230 e. The number of carbonyl (C=O) groups is 1. The van der Waals surface area contributed by atoms with E-state index in [1.165, 1.54) is 18.3 Å². The predicted molar refractivity (Wildman–Crippen MR) is 92.8 cm³/mol. The quantitative estimate of drug-likeness (QED) is 0.575. The van der Waals surface area contributed by atoms with E-state index >= 15 is 0 Å². The zero-order chi connectivity index (χ0) is 17.6. The van der Waals surface area contributed by atoms with Crippen LogP contribution in [-0.4, -0.2) is 5.91 Å². The molecular formula is C20H17FN2O2. The van der Waals surface area contributed by atoms with Gasteiger partial charge in [-0.3, -0.25) is 4.79 Å². The maximum absolute atomic E-state index is 13.1. The molecule has 2 aromatic carbocycles. The Kier molecular flexibility index (Phi) is 5.04. The van der Waals surface area contributed by atoms with Gasteiger partial charge in [-0.25, -0.2) is 4.39 Å². The van der Waals surface area contributed by atoms with Crippen LogP contribution in [0, 0.1) is 11.0 Å². The van der Waals surface area contributed by atoms with Crippen molar-refractivity contribution >= 4 is 5.91 Å². The van der Waals surface area contributed by atoms with E-state index in [1.54, 1.807) is 18.2 Å². The Bertz CT molecular complexity index is 882. The van der Waals surface area contributed by atoms with E-state index in [1.807, 2.05) is 36.4 Å². The van der Waals surface area contributed by atoms with Crippen LogP contribution in [0.4, 0.5) is 4.39 Å². The molecule has 0 radical (unpaired) electrons. The van der Waals surface area contributed by atoms with Crippen LogP contribution in [-0.2, 0) is 17.8 Å². The maximum atomic E-state index is 13.1. The summed E-state index contributed by atoms with van der Waals surface area (Å²) in [4.78, 5) is 12.0. The van der Waals surface area contributed by atoms with Gasteiger partial charge in [-0.1, -0.05) is 42.5 Å². The van der Waals surface area contributed by atoms with Crippen LogP contribution < -0.4 is 10.0 Å². The molecular weight excluding hydrogens is 319 g/mol. The normalized spacial score (nSPS) is 10.4. The number of pyridine rings is 1. The van der Waals surface area contributed by atoms with Crippen LogP contribution in [0.15, 0.2) is 72.9 Å². The number of nitrogens with zero attached hydrogens (tertiary/aromatic N) is 1. The van der Waals surface area contributed by atoms with Crippen molar-refractivity contribution < 1.29 is 13.9 Å². The number of hydrogen-bond donors (Lipinski definition) is 1. The third kappa shape index (κ3) is 4.41. The van der Waals surface area contributed by atoms with Crippen LogP contribution in [0.5, 0.6) is 0 Å². The minimum Gasteiger partial charge on any atom is -0.618 e. The van der Waals surface area contributed by atoms with Gasteiger partial charge in [0, 0.05) is 18.2 Å². The Balaban J connectivity index is 1.63. The van der Waals surface area contributed by atoms with Gasteiger partial charge in [0.25, 0.3) is 0 Å². The Morgan fingerprint density at radius 1 is 1.00 bits per heavy atom. The van der Waals surface area contributed by atoms with Crippen LogP contribution in [0.25, 0.3) is 11.1 Å². The third-order valence-electron chi connectivity index (χ3n) is 3.82. The molecule has 0 saturated heterocycles. The summed E-state index contributed by atoms with van der Waals surface area (Å²) in [5.41, 5.74) is 2.76. The van der Waals surface area contributed by atoms with E-state index < -0.39 is 0 Å². The molecule has 0 unspecified atom stereocenters. The van der Waals surface area contributed by atoms with Gasteiger partial charge in [-0.15, -0.1) is 0 Å². The largest absolute Gasteiger partial charge is 0.618 e. The monoisotopic (exact) mass is 336 g/mol.